The average molecular weight is 365 g/mol. The number of guanidine groups is 1. The van der Waals surface area contributed by atoms with Gasteiger partial charge in [-0.25, -0.2) is 14.5 Å². The lowest BCUT2D eigenvalue weighted by atomic mass is 10.2. The number of rotatable bonds is 1. The van der Waals surface area contributed by atoms with E-state index in [9.17, 15) is 14.7 Å². The molecule has 0 aliphatic rings. The third-order valence-corrected chi connectivity index (χ3v) is 2.88. The van der Waals surface area contributed by atoms with Gasteiger partial charge in [0.1, 0.15) is 17.0 Å². The number of nitrogens with one attached hydrogen (secondary N) is 1. The maximum Gasteiger partial charge on any atom is 0.421 e. The van der Waals surface area contributed by atoms with E-state index < -0.39 is 29.3 Å². The molecule has 0 saturated heterocycles. The maximum atomic E-state index is 12.6. The van der Waals surface area contributed by atoms with Gasteiger partial charge in [-0.3, -0.25) is 10.3 Å². The number of phenolic OH excluding ortho intramolecular Hbond substituents is 1. The van der Waals surface area contributed by atoms with Gasteiger partial charge in [0.15, 0.2) is 0 Å². The van der Waals surface area contributed by atoms with Crippen molar-refractivity contribution in [1.29, 1.82) is 5.41 Å². The van der Waals surface area contributed by atoms with Crippen molar-refractivity contribution in [3.8, 4) is 5.75 Å². The smallest absolute Gasteiger partial charge is 0.421 e. The highest BCUT2D eigenvalue weighted by atomic mass is 16.6. The molecule has 0 unspecified atom stereocenters. The van der Waals surface area contributed by atoms with Crippen LogP contribution in [0.5, 0.6) is 5.75 Å². The van der Waals surface area contributed by atoms with Crippen molar-refractivity contribution in [3.63, 3.8) is 0 Å². The molecule has 0 fully saturated rings. The Morgan fingerprint density at radius 3 is 1.77 bits per heavy atom. The Kier molecular flexibility index (Phi) is 6.25. The van der Waals surface area contributed by atoms with Gasteiger partial charge in [-0.15, -0.1) is 0 Å². The summed E-state index contributed by atoms with van der Waals surface area (Å²) in [6.07, 6.45) is -1.61. The summed E-state index contributed by atoms with van der Waals surface area (Å²) in [6.45, 7) is 10.2. The molecule has 0 spiro atoms. The molecule has 1 aromatic carbocycles. The monoisotopic (exact) mass is 365 g/mol. The van der Waals surface area contributed by atoms with E-state index in [1.807, 2.05) is 0 Å². The standard InChI is InChI=1S/C18H27N3O5/c1-17(2,3)25-15(23)20(7)14(19)21(16(24)26-18(4,5)6)12-8-10-13(22)11-9-12/h8-11,19,22H,1-7H3. The molecule has 8 heteroatoms. The Labute approximate surface area is 153 Å². The highest BCUT2D eigenvalue weighted by Crippen LogP contribution is 2.22. The van der Waals surface area contributed by atoms with Gasteiger partial charge in [0.25, 0.3) is 0 Å². The fraction of sp³-hybridized carbons (Fsp3) is 0.500. The molecule has 2 amide bonds. The van der Waals surface area contributed by atoms with Gasteiger partial charge >= 0.3 is 12.2 Å². The van der Waals surface area contributed by atoms with Crippen LogP contribution in [0.15, 0.2) is 24.3 Å². The zero-order valence-corrected chi connectivity index (χ0v) is 16.3. The lowest BCUT2D eigenvalue weighted by molar-refractivity contribution is 0.0396. The molecule has 0 aliphatic heterocycles. The second kappa shape index (κ2) is 7.63. The minimum Gasteiger partial charge on any atom is -0.508 e. The molecule has 1 aromatic rings. The van der Waals surface area contributed by atoms with Gasteiger partial charge in [0, 0.05) is 7.05 Å². The summed E-state index contributed by atoms with van der Waals surface area (Å²) in [7, 11) is 1.33. The van der Waals surface area contributed by atoms with E-state index >= 15 is 0 Å². The SMILES string of the molecule is CN(C(=N)N(C(=O)OC(C)(C)C)c1ccc(O)cc1)C(=O)OC(C)(C)C. The van der Waals surface area contributed by atoms with Crippen LogP contribution in [0.3, 0.4) is 0 Å². The zero-order valence-electron chi connectivity index (χ0n) is 16.3. The van der Waals surface area contributed by atoms with Gasteiger partial charge in [-0.1, -0.05) is 0 Å². The predicted octanol–water partition coefficient (Wildman–Crippen LogP) is 3.94. The van der Waals surface area contributed by atoms with Crippen LogP contribution in [0.25, 0.3) is 0 Å². The predicted molar refractivity (Wildman–Crippen MR) is 98.5 cm³/mol. The van der Waals surface area contributed by atoms with Crippen molar-refractivity contribution in [3.05, 3.63) is 24.3 Å². The van der Waals surface area contributed by atoms with E-state index in [4.69, 9.17) is 14.9 Å². The van der Waals surface area contributed by atoms with E-state index in [0.717, 1.165) is 9.80 Å². The summed E-state index contributed by atoms with van der Waals surface area (Å²) < 4.78 is 10.6. The number of amides is 2. The highest BCUT2D eigenvalue weighted by Gasteiger charge is 2.32. The summed E-state index contributed by atoms with van der Waals surface area (Å²) >= 11 is 0. The molecule has 0 aromatic heterocycles. The first-order chi connectivity index (χ1) is 11.7. The number of hydrogen-bond donors (Lipinski definition) is 2. The van der Waals surface area contributed by atoms with Crippen LogP contribution < -0.4 is 4.90 Å². The van der Waals surface area contributed by atoms with Gasteiger partial charge in [0.05, 0.1) is 5.69 Å². The Bertz CT molecular complexity index is 672. The Morgan fingerprint density at radius 2 is 1.35 bits per heavy atom. The molecule has 144 valence electrons. The first-order valence-electron chi connectivity index (χ1n) is 8.08. The third-order valence-electron chi connectivity index (χ3n) is 2.88. The van der Waals surface area contributed by atoms with E-state index in [1.54, 1.807) is 41.5 Å². The largest absolute Gasteiger partial charge is 0.508 e. The second-order valence-corrected chi connectivity index (χ2v) is 7.70. The van der Waals surface area contributed by atoms with Crippen LogP contribution >= 0.6 is 0 Å². The molecule has 0 atom stereocenters. The van der Waals surface area contributed by atoms with Crippen molar-refractivity contribution in [2.24, 2.45) is 0 Å². The normalized spacial score (nSPS) is 11.5. The number of ether oxygens (including phenoxy) is 2. The van der Waals surface area contributed by atoms with Crippen LogP contribution in [-0.2, 0) is 9.47 Å². The third kappa shape index (κ3) is 6.27. The van der Waals surface area contributed by atoms with Gasteiger partial charge in [0.2, 0.25) is 5.96 Å². The second-order valence-electron chi connectivity index (χ2n) is 7.70. The van der Waals surface area contributed by atoms with Crippen molar-refractivity contribution in [2.75, 3.05) is 11.9 Å². The Morgan fingerprint density at radius 1 is 0.923 bits per heavy atom. The average Bonchev–Trinajstić information content (AvgIpc) is 2.45. The minimum atomic E-state index is -0.830. The number of carbonyl (C=O) groups is 2. The van der Waals surface area contributed by atoms with Crippen molar-refractivity contribution in [1.82, 2.24) is 4.90 Å². The maximum absolute atomic E-state index is 12.6. The fourth-order valence-electron chi connectivity index (χ4n) is 1.79. The quantitative estimate of drug-likeness (QED) is 0.580. The minimum absolute atomic E-state index is 0.00455. The highest BCUT2D eigenvalue weighted by molar-refractivity contribution is 6.15. The fourth-order valence-corrected chi connectivity index (χ4v) is 1.79. The number of aromatic hydroxyl groups is 1. The number of carbonyl (C=O) groups excluding carboxylic acids is 2. The number of anilines is 1. The molecule has 0 heterocycles. The molecule has 26 heavy (non-hydrogen) atoms. The van der Waals surface area contributed by atoms with Crippen molar-refractivity contribution >= 4 is 23.8 Å². The summed E-state index contributed by atoms with van der Waals surface area (Å²) in [5.74, 6) is -0.441. The lowest BCUT2D eigenvalue weighted by Gasteiger charge is -2.31. The molecule has 0 radical (unpaired) electrons. The van der Waals surface area contributed by atoms with Gasteiger partial charge < -0.3 is 14.6 Å². The van der Waals surface area contributed by atoms with E-state index in [0.29, 0.717) is 0 Å². The first kappa shape index (κ1) is 21.3. The van der Waals surface area contributed by atoms with Crippen LogP contribution in [0.2, 0.25) is 0 Å². The molecule has 0 bridgehead atoms. The number of benzene rings is 1. The number of nitrogens with zero attached hydrogens (tertiary/aromatic N) is 2. The molecular formula is C18H27N3O5. The molecule has 8 nitrogen and oxygen atoms in total. The summed E-state index contributed by atoms with van der Waals surface area (Å²) in [5.41, 5.74) is -1.28. The Balaban J connectivity index is 3.18. The molecule has 1 rings (SSSR count). The van der Waals surface area contributed by atoms with Gasteiger partial charge in [-0.2, -0.15) is 0 Å². The van der Waals surface area contributed by atoms with Gasteiger partial charge in [-0.05, 0) is 65.8 Å². The van der Waals surface area contributed by atoms with Crippen LogP contribution in [0.4, 0.5) is 15.3 Å². The van der Waals surface area contributed by atoms with E-state index in [1.165, 1.54) is 31.3 Å². The first-order valence-corrected chi connectivity index (χ1v) is 8.08. The molecular weight excluding hydrogens is 338 g/mol. The summed E-state index contributed by atoms with van der Waals surface area (Å²) in [6, 6.07) is 5.62. The van der Waals surface area contributed by atoms with Crippen LogP contribution in [0, 0.1) is 5.41 Å². The number of phenols is 1. The van der Waals surface area contributed by atoms with E-state index in [-0.39, 0.29) is 11.4 Å². The summed E-state index contributed by atoms with van der Waals surface area (Å²) in [5, 5.41) is 17.8. The Hall–Kier alpha value is -2.77. The molecule has 0 saturated carbocycles. The lowest BCUT2D eigenvalue weighted by Crippen LogP contribution is -2.50. The van der Waals surface area contributed by atoms with Crippen LogP contribution in [0.1, 0.15) is 41.5 Å². The van der Waals surface area contributed by atoms with E-state index in [2.05, 4.69) is 0 Å². The zero-order chi connectivity index (χ0) is 20.3. The van der Waals surface area contributed by atoms with Crippen LogP contribution in [-0.4, -0.2) is 46.4 Å². The molecule has 0 aliphatic carbocycles. The summed E-state index contributed by atoms with van der Waals surface area (Å²) in [4.78, 5) is 26.7. The van der Waals surface area contributed by atoms with Crippen molar-refractivity contribution < 1.29 is 24.2 Å². The topological polar surface area (TPSA) is 103 Å². The molecule has 2 N–H and O–H groups in total. The van der Waals surface area contributed by atoms with Crippen molar-refractivity contribution in [2.45, 2.75) is 52.7 Å². The number of hydrogen-bond acceptors (Lipinski definition) is 6.